The normalized spacial score (nSPS) is 14.8. The molecule has 2 N–H and O–H groups in total. The number of rotatable bonds is 1. The Labute approximate surface area is 143 Å². The van der Waals surface area contributed by atoms with E-state index in [1.807, 2.05) is 18.2 Å². The third kappa shape index (κ3) is 2.07. The molecule has 2 aromatic carbocycles. The number of aryl methyl sites for hydroxylation is 1. The first kappa shape index (κ1) is 14.2. The predicted octanol–water partition coefficient (Wildman–Crippen LogP) is 3.33. The summed E-state index contributed by atoms with van der Waals surface area (Å²) in [5.41, 5.74) is 3.80. The molecule has 0 radical (unpaired) electrons. The Morgan fingerprint density at radius 1 is 1.00 bits per heavy atom. The smallest absolute Gasteiger partial charge is 0.205 e. The molecule has 0 spiro atoms. The zero-order chi connectivity index (χ0) is 17.0. The fourth-order valence-corrected chi connectivity index (χ4v) is 3.44. The van der Waals surface area contributed by atoms with Gasteiger partial charge >= 0.3 is 0 Å². The van der Waals surface area contributed by atoms with E-state index in [0.717, 1.165) is 16.9 Å². The molecule has 1 aromatic heterocycles. The number of anilines is 2. The van der Waals surface area contributed by atoms with Crippen molar-refractivity contribution in [1.29, 1.82) is 0 Å². The molecule has 0 amide bonds. The summed E-state index contributed by atoms with van der Waals surface area (Å²) in [4.78, 5) is 13.1. The van der Waals surface area contributed by atoms with Crippen molar-refractivity contribution in [3.8, 4) is 22.6 Å². The summed E-state index contributed by atoms with van der Waals surface area (Å²) in [6.45, 7) is 3.43. The van der Waals surface area contributed by atoms with Crippen LogP contribution in [0.25, 0.3) is 22.1 Å². The zero-order valence-electron chi connectivity index (χ0n) is 13.6. The monoisotopic (exact) mass is 336 g/mol. The van der Waals surface area contributed by atoms with Gasteiger partial charge in [-0.05, 0) is 36.8 Å². The fourth-order valence-electron chi connectivity index (χ4n) is 3.44. The molecule has 6 nitrogen and oxygen atoms in total. The summed E-state index contributed by atoms with van der Waals surface area (Å²) in [7, 11) is 0. The van der Waals surface area contributed by atoms with Crippen molar-refractivity contribution in [2.75, 3.05) is 30.5 Å². The summed E-state index contributed by atoms with van der Waals surface area (Å²) < 4.78 is 17.3. The van der Waals surface area contributed by atoms with Crippen LogP contribution in [0.3, 0.4) is 0 Å². The number of ether oxygens (including phenoxy) is 2. The molecule has 0 bridgehead atoms. The molecule has 0 saturated heterocycles. The number of hydrogen-bond donors (Lipinski definition) is 2. The second-order valence-electron chi connectivity index (χ2n) is 6.12. The second-order valence-corrected chi connectivity index (χ2v) is 6.12. The molecule has 2 aliphatic heterocycles. The van der Waals surface area contributed by atoms with Gasteiger partial charge in [0.05, 0.1) is 29.0 Å². The highest BCUT2D eigenvalue weighted by Gasteiger charge is 2.22. The summed E-state index contributed by atoms with van der Waals surface area (Å²) >= 11 is 0. The first-order chi connectivity index (χ1) is 12.2. The molecular formula is C19H16N2O4. The molecule has 126 valence electrons. The van der Waals surface area contributed by atoms with E-state index in [0.29, 0.717) is 53.7 Å². The number of fused-ring (bicyclic) bond motifs is 4. The number of nitrogens with one attached hydrogen (secondary N) is 2. The van der Waals surface area contributed by atoms with Crippen LogP contribution in [0.1, 0.15) is 5.76 Å². The number of benzene rings is 2. The molecule has 5 rings (SSSR count). The van der Waals surface area contributed by atoms with Gasteiger partial charge in [0.25, 0.3) is 0 Å². The summed E-state index contributed by atoms with van der Waals surface area (Å²) in [5.74, 6) is 1.68. The van der Waals surface area contributed by atoms with Crippen LogP contribution >= 0.6 is 0 Å². The van der Waals surface area contributed by atoms with Crippen LogP contribution in [0.2, 0.25) is 0 Å². The topological polar surface area (TPSA) is 72.7 Å². The van der Waals surface area contributed by atoms with Crippen LogP contribution in [0, 0.1) is 6.92 Å². The van der Waals surface area contributed by atoms with E-state index in [4.69, 9.17) is 13.9 Å². The molecule has 0 saturated carbocycles. The van der Waals surface area contributed by atoms with Crippen LogP contribution in [0.4, 0.5) is 11.4 Å². The van der Waals surface area contributed by atoms with Gasteiger partial charge in [-0.3, -0.25) is 4.79 Å². The minimum Gasteiger partial charge on any atom is -0.486 e. The average molecular weight is 336 g/mol. The Bertz CT molecular complexity index is 1070. The average Bonchev–Trinajstić information content (AvgIpc) is 3.09. The van der Waals surface area contributed by atoms with Gasteiger partial charge in [-0.1, -0.05) is 6.07 Å². The Balaban J connectivity index is 1.76. The summed E-state index contributed by atoms with van der Waals surface area (Å²) in [6.07, 6.45) is 0. The van der Waals surface area contributed by atoms with Crippen molar-refractivity contribution >= 4 is 22.3 Å². The SMILES string of the molecule is Cc1oc2c3c(ccc2c(=O)c1-c1ccc2c(c1)NCN2)OCCO3. The lowest BCUT2D eigenvalue weighted by molar-refractivity contribution is 0.172. The van der Waals surface area contributed by atoms with Gasteiger partial charge in [0, 0.05) is 0 Å². The van der Waals surface area contributed by atoms with E-state index in [2.05, 4.69) is 10.6 Å². The lowest BCUT2D eigenvalue weighted by atomic mass is 10.0. The van der Waals surface area contributed by atoms with Gasteiger partial charge in [0.2, 0.25) is 11.2 Å². The molecule has 2 aliphatic rings. The molecule has 25 heavy (non-hydrogen) atoms. The molecular weight excluding hydrogens is 320 g/mol. The Kier molecular flexibility index (Phi) is 2.94. The third-order valence-electron chi connectivity index (χ3n) is 4.61. The fraction of sp³-hybridized carbons (Fsp3) is 0.211. The highest BCUT2D eigenvalue weighted by molar-refractivity contribution is 5.90. The van der Waals surface area contributed by atoms with Crippen LogP contribution in [-0.4, -0.2) is 19.9 Å². The standard InChI is InChI=1S/C19H16N2O4/c1-10-16(11-2-4-13-14(8-11)21-9-20-13)17(22)12-3-5-15-19(18(12)25-10)24-7-6-23-15/h2-5,8,20-21H,6-7,9H2,1H3. The van der Waals surface area contributed by atoms with Gasteiger partial charge in [-0.25, -0.2) is 0 Å². The van der Waals surface area contributed by atoms with Crippen molar-refractivity contribution in [2.24, 2.45) is 0 Å². The molecule has 0 aliphatic carbocycles. The third-order valence-corrected chi connectivity index (χ3v) is 4.61. The molecule has 0 fully saturated rings. The van der Waals surface area contributed by atoms with E-state index in [-0.39, 0.29) is 5.43 Å². The highest BCUT2D eigenvalue weighted by atomic mass is 16.6. The van der Waals surface area contributed by atoms with Crippen molar-refractivity contribution in [1.82, 2.24) is 0 Å². The first-order valence-corrected chi connectivity index (χ1v) is 8.20. The van der Waals surface area contributed by atoms with Crippen molar-refractivity contribution < 1.29 is 13.9 Å². The van der Waals surface area contributed by atoms with Gasteiger partial charge in [0.15, 0.2) is 11.3 Å². The summed E-state index contributed by atoms with van der Waals surface area (Å²) in [6, 6.07) is 9.38. The van der Waals surface area contributed by atoms with E-state index in [9.17, 15) is 4.79 Å². The Morgan fingerprint density at radius 2 is 1.84 bits per heavy atom. The van der Waals surface area contributed by atoms with Crippen LogP contribution in [-0.2, 0) is 0 Å². The summed E-state index contributed by atoms with van der Waals surface area (Å²) in [5, 5.41) is 6.97. The van der Waals surface area contributed by atoms with Gasteiger partial charge in [-0.2, -0.15) is 0 Å². The van der Waals surface area contributed by atoms with E-state index in [1.165, 1.54) is 0 Å². The maximum Gasteiger partial charge on any atom is 0.205 e. The number of hydrogen-bond acceptors (Lipinski definition) is 6. The van der Waals surface area contributed by atoms with Crippen molar-refractivity contribution in [3.63, 3.8) is 0 Å². The van der Waals surface area contributed by atoms with Gasteiger partial charge in [-0.15, -0.1) is 0 Å². The lowest BCUT2D eigenvalue weighted by Gasteiger charge is -2.19. The molecule has 0 atom stereocenters. The Morgan fingerprint density at radius 3 is 2.76 bits per heavy atom. The largest absolute Gasteiger partial charge is 0.486 e. The highest BCUT2D eigenvalue weighted by Crippen LogP contribution is 2.39. The van der Waals surface area contributed by atoms with Gasteiger partial charge in [0.1, 0.15) is 19.0 Å². The maximum atomic E-state index is 13.1. The molecule has 0 unspecified atom stereocenters. The first-order valence-electron chi connectivity index (χ1n) is 8.20. The van der Waals surface area contributed by atoms with Crippen molar-refractivity contribution in [2.45, 2.75) is 6.92 Å². The van der Waals surface area contributed by atoms with Crippen LogP contribution in [0.5, 0.6) is 11.5 Å². The Hall–Kier alpha value is -3.15. The van der Waals surface area contributed by atoms with E-state index >= 15 is 0 Å². The molecule has 6 heteroatoms. The zero-order valence-corrected chi connectivity index (χ0v) is 13.6. The molecule has 3 aromatic rings. The van der Waals surface area contributed by atoms with E-state index in [1.54, 1.807) is 19.1 Å². The minimum absolute atomic E-state index is 0.0679. The minimum atomic E-state index is -0.0679. The lowest BCUT2D eigenvalue weighted by Crippen LogP contribution is -2.16. The molecule has 3 heterocycles. The second kappa shape index (κ2) is 5.17. The van der Waals surface area contributed by atoms with Crippen molar-refractivity contribution in [3.05, 3.63) is 46.3 Å². The quantitative estimate of drug-likeness (QED) is 0.710. The van der Waals surface area contributed by atoms with Crippen LogP contribution < -0.4 is 25.5 Å². The van der Waals surface area contributed by atoms with E-state index < -0.39 is 0 Å². The predicted molar refractivity (Wildman–Crippen MR) is 95.8 cm³/mol. The van der Waals surface area contributed by atoms with Crippen LogP contribution in [0.15, 0.2) is 39.5 Å². The van der Waals surface area contributed by atoms with Gasteiger partial charge < -0.3 is 24.5 Å². The maximum absolute atomic E-state index is 13.1.